The molecule has 0 radical (unpaired) electrons. The molecule has 1 N–H and O–H groups in total. The quantitative estimate of drug-likeness (QED) is 0.786. The van der Waals surface area contributed by atoms with Gasteiger partial charge in [0.2, 0.25) is 0 Å². The van der Waals surface area contributed by atoms with Crippen molar-refractivity contribution >= 4 is 11.9 Å². The molecule has 0 bridgehead atoms. The molecule has 122 valence electrons. The monoisotopic (exact) mass is 307 g/mol. The summed E-state index contributed by atoms with van der Waals surface area (Å²) < 4.78 is 10.2. The van der Waals surface area contributed by atoms with Crippen LogP contribution < -0.4 is 10.1 Å². The Balaban J connectivity index is 2.31. The SMILES string of the molecule is Cc1ccc(OCC(=O)OCC(=O)N[C@@H](C)C(C)C)cc1C. The molecular weight excluding hydrogens is 282 g/mol. The van der Waals surface area contributed by atoms with Crippen molar-refractivity contribution in [3.05, 3.63) is 29.3 Å². The lowest BCUT2D eigenvalue weighted by molar-refractivity contribution is -0.150. The van der Waals surface area contributed by atoms with Crippen molar-refractivity contribution in [1.82, 2.24) is 5.32 Å². The van der Waals surface area contributed by atoms with Gasteiger partial charge in [0.25, 0.3) is 5.91 Å². The molecule has 0 fully saturated rings. The first-order valence-corrected chi connectivity index (χ1v) is 7.44. The van der Waals surface area contributed by atoms with E-state index in [1.54, 1.807) is 6.07 Å². The lowest BCUT2D eigenvalue weighted by Gasteiger charge is -2.17. The molecule has 0 heterocycles. The summed E-state index contributed by atoms with van der Waals surface area (Å²) in [6.07, 6.45) is 0. The maximum atomic E-state index is 11.6. The fraction of sp³-hybridized carbons (Fsp3) is 0.529. The summed E-state index contributed by atoms with van der Waals surface area (Å²) in [5.74, 6) is 0.0667. The topological polar surface area (TPSA) is 64.6 Å². The Bertz CT molecular complexity index is 525. The number of amides is 1. The number of rotatable bonds is 7. The molecule has 0 aliphatic carbocycles. The van der Waals surface area contributed by atoms with Gasteiger partial charge in [-0.25, -0.2) is 4.79 Å². The van der Waals surface area contributed by atoms with Crippen molar-refractivity contribution in [3.63, 3.8) is 0 Å². The van der Waals surface area contributed by atoms with Gasteiger partial charge in [0.15, 0.2) is 13.2 Å². The minimum absolute atomic E-state index is 0.0398. The molecule has 1 aromatic rings. The van der Waals surface area contributed by atoms with Gasteiger partial charge in [-0.05, 0) is 49.9 Å². The number of esters is 1. The third kappa shape index (κ3) is 6.16. The van der Waals surface area contributed by atoms with Gasteiger partial charge in [-0.3, -0.25) is 4.79 Å². The predicted molar refractivity (Wildman–Crippen MR) is 84.8 cm³/mol. The first-order valence-electron chi connectivity index (χ1n) is 7.44. The Kier molecular flexibility index (Phi) is 6.89. The summed E-state index contributed by atoms with van der Waals surface area (Å²) in [6.45, 7) is 9.41. The average Bonchev–Trinajstić information content (AvgIpc) is 2.46. The highest BCUT2D eigenvalue weighted by Gasteiger charge is 2.13. The van der Waals surface area contributed by atoms with E-state index < -0.39 is 5.97 Å². The van der Waals surface area contributed by atoms with Crippen LogP contribution in [-0.2, 0) is 14.3 Å². The molecule has 0 saturated carbocycles. The number of aryl methyl sites for hydroxylation is 2. The number of carbonyl (C=O) groups is 2. The second-order valence-electron chi connectivity index (χ2n) is 5.80. The van der Waals surface area contributed by atoms with Crippen molar-refractivity contribution in [1.29, 1.82) is 0 Å². The van der Waals surface area contributed by atoms with Crippen molar-refractivity contribution in [2.45, 2.75) is 40.7 Å². The first-order chi connectivity index (χ1) is 10.3. The zero-order valence-corrected chi connectivity index (χ0v) is 13.9. The second-order valence-corrected chi connectivity index (χ2v) is 5.80. The van der Waals surface area contributed by atoms with Gasteiger partial charge in [-0.2, -0.15) is 0 Å². The van der Waals surface area contributed by atoms with Crippen LogP contribution in [0.4, 0.5) is 0 Å². The lowest BCUT2D eigenvalue weighted by Crippen LogP contribution is -2.39. The summed E-state index contributed by atoms with van der Waals surface area (Å²) in [5, 5.41) is 2.77. The minimum atomic E-state index is -0.564. The highest BCUT2D eigenvalue weighted by molar-refractivity contribution is 5.81. The summed E-state index contributed by atoms with van der Waals surface area (Å²) >= 11 is 0. The van der Waals surface area contributed by atoms with Crippen molar-refractivity contribution in [3.8, 4) is 5.75 Å². The number of hydrogen-bond acceptors (Lipinski definition) is 4. The molecule has 1 atom stereocenters. The van der Waals surface area contributed by atoms with Crippen LogP contribution in [0.1, 0.15) is 31.9 Å². The zero-order chi connectivity index (χ0) is 16.7. The van der Waals surface area contributed by atoms with Crippen LogP contribution in [0.2, 0.25) is 0 Å². The Morgan fingerprint density at radius 3 is 2.36 bits per heavy atom. The summed E-state index contributed by atoms with van der Waals surface area (Å²) in [7, 11) is 0. The molecule has 0 saturated heterocycles. The Hall–Kier alpha value is -2.04. The molecule has 5 heteroatoms. The van der Waals surface area contributed by atoms with Gasteiger partial charge in [-0.15, -0.1) is 0 Å². The Morgan fingerprint density at radius 2 is 1.77 bits per heavy atom. The average molecular weight is 307 g/mol. The number of nitrogens with one attached hydrogen (secondary N) is 1. The molecule has 1 rings (SSSR count). The fourth-order valence-corrected chi connectivity index (χ4v) is 1.60. The van der Waals surface area contributed by atoms with E-state index in [0.29, 0.717) is 11.7 Å². The van der Waals surface area contributed by atoms with E-state index in [4.69, 9.17) is 9.47 Å². The van der Waals surface area contributed by atoms with E-state index in [-0.39, 0.29) is 25.2 Å². The largest absolute Gasteiger partial charge is 0.482 e. The van der Waals surface area contributed by atoms with Crippen LogP contribution in [0.5, 0.6) is 5.75 Å². The van der Waals surface area contributed by atoms with Crippen molar-refractivity contribution in [2.24, 2.45) is 5.92 Å². The highest BCUT2D eigenvalue weighted by Crippen LogP contribution is 2.16. The molecule has 0 spiro atoms. The Morgan fingerprint density at radius 1 is 1.09 bits per heavy atom. The summed E-state index contributed by atoms with van der Waals surface area (Å²) in [5.41, 5.74) is 2.25. The molecule has 1 aromatic carbocycles. The maximum Gasteiger partial charge on any atom is 0.344 e. The molecule has 0 unspecified atom stereocenters. The number of ether oxygens (including phenoxy) is 2. The van der Waals surface area contributed by atoms with Crippen LogP contribution in [0.15, 0.2) is 18.2 Å². The van der Waals surface area contributed by atoms with E-state index in [0.717, 1.165) is 11.1 Å². The normalized spacial score (nSPS) is 11.9. The second kappa shape index (κ2) is 8.41. The molecule has 0 aromatic heterocycles. The lowest BCUT2D eigenvalue weighted by atomic mass is 10.1. The number of benzene rings is 1. The third-order valence-corrected chi connectivity index (χ3v) is 3.59. The van der Waals surface area contributed by atoms with E-state index >= 15 is 0 Å². The van der Waals surface area contributed by atoms with Gasteiger partial charge in [0.1, 0.15) is 5.75 Å². The molecule has 0 aliphatic rings. The van der Waals surface area contributed by atoms with E-state index in [1.807, 2.05) is 46.8 Å². The summed E-state index contributed by atoms with van der Waals surface area (Å²) in [4.78, 5) is 23.2. The van der Waals surface area contributed by atoms with Gasteiger partial charge >= 0.3 is 5.97 Å². The van der Waals surface area contributed by atoms with E-state index in [9.17, 15) is 9.59 Å². The smallest absolute Gasteiger partial charge is 0.344 e. The van der Waals surface area contributed by atoms with Gasteiger partial charge in [0, 0.05) is 6.04 Å². The fourth-order valence-electron chi connectivity index (χ4n) is 1.60. The van der Waals surface area contributed by atoms with Crippen LogP contribution in [-0.4, -0.2) is 31.1 Å². The van der Waals surface area contributed by atoms with Crippen LogP contribution in [0.3, 0.4) is 0 Å². The van der Waals surface area contributed by atoms with Crippen LogP contribution in [0.25, 0.3) is 0 Å². The zero-order valence-electron chi connectivity index (χ0n) is 13.9. The van der Waals surface area contributed by atoms with Crippen LogP contribution >= 0.6 is 0 Å². The molecule has 1 amide bonds. The molecular formula is C17H25NO4. The first kappa shape index (κ1) is 18.0. The van der Waals surface area contributed by atoms with Crippen LogP contribution in [0, 0.1) is 19.8 Å². The van der Waals surface area contributed by atoms with Gasteiger partial charge in [0.05, 0.1) is 0 Å². The number of carbonyl (C=O) groups excluding carboxylic acids is 2. The van der Waals surface area contributed by atoms with Crippen molar-refractivity contribution < 1.29 is 19.1 Å². The Labute approximate surface area is 132 Å². The van der Waals surface area contributed by atoms with Gasteiger partial charge in [-0.1, -0.05) is 19.9 Å². The summed E-state index contributed by atoms with van der Waals surface area (Å²) in [6, 6.07) is 5.63. The van der Waals surface area contributed by atoms with Gasteiger partial charge < -0.3 is 14.8 Å². The van der Waals surface area contributed by atoms with E-state index in [2.05, 4.69) is 5.32 Å². The van der Waals surface area contributed by atoms with E-state index in [1.165, 1.54) is 0 Å². The molecule has 0 aliphatic heterocycles. The number of hydrogen-bond donors (Lipinski definition) is 1. The predicted octanol–water partition coefficient (Wildman–Crippen LogP) is 2.39. The molecule has 22 heavy (non-hydrogen) atoms. The minimum Gasteiger partial charge on any atom is -0.482 e. The third-order valence-electron chi connectivity index (χ3n) is 3.59. The highest BCUT2D eigenvalue weighted by atomic mass is 16.6. The van der Waals surface area contributed by atoms with Crippen molar-refractivity contribution in [2.75, 3.05) is 13.2 Å². The maximum absolute atomic E-state index is 11.6. The standard InChI is InChI=1S/C17H25NO4/c1-11(2)14(5)18-16(19)9-22-17(20)10-21-15-7-6-12(3)13(4)8-15/h6-8,11,14H,9-10H2,1-5H3,(H,18,19)/t14-/m0/s1. The molecule has 5 nitrogen and oxygen atoms in total.